The molecule has 0 unspecified atom stereocenters. The van der Waals surface area contributed by atoms with E-state index in [1.807, 2.05) is 36.1 Å². The molecule has 3 aromatic rings. The fourth-order valence-electron chi connectivity index (χ4n) is 4.75. The predicted octanol–water partition coefficient (Wildman–Crippen LogP) is 3.98. The van der Waals surface area contributed by atoms with Gasteiger partial charge in [-0.15, -0.1) is 0 Å². The van der Waals surface area contributed by atoms with Crippen molar-refractivity contribution in [3.05, 3.63) is 66.0 Å². The minimum absolute atomic E-state index is 0.105. The van der Waals surface area contributed by atoms with Crippen LogP contribution in [-0.2, 0) is 6.18 Å². The summed E-state index contributed by atoms with van der Waals surface area (Å²) in [6, 6.07) is 7.20. The molecular weight excluding hydrogens is 433 g/mol. The highest BCUT2D eigenvalue weighted by Crippen LogP contribution is 2.40. The number of nitrogens with one attached hydrogen (secondary N) is 1. The van der Waals surface area contributed by atoms with Crippen LogP contribution in [0.15, 0.2) is 49.1 Å². The zero-order valence-electron chi connectivity index (χ0n) is 17.8. The van der Waals surface area contributed by atoms with Gasteiger partial charge in [-0.3, -0.25) is 14.8 Å². The predicted molar refractivity (Wildman–Crippen MR) is 114 cm³/mol. The Balaban J connectivity index is 1.37. The van der Waals surface area contributed by atoms with Crippen molar-refractivity contribution in [2.24, 2.45) is 5.92 Å². The Labute approximate surface area is 188 Å². The molecular formula is C23H21F3N6O. The lowest BCUT2D eigenvalue weighted by molar-refractivity contribution is -0.141. The monoisotopic (exact) mass is 454 g/mol. The van der Waals surface area contributed by atoms with Gasteiger partial charge in [0.15, 0.2) is 5.69 Å². The molecule has 1 N–H and O–H groups in total. The lowest BCUT2D eigenvalue weighted by atomic mass is 10.0. The number of amides is 1. The molecule has 5 rings (SSSR count). The van der Waals surface area contributed by atoms with Gasteiger partial charge < -0.3 is 10.2 Å². The van der Waals surface area contributed by atoms with Crippen LogP contribution < -0.4 is 5.32 Å². The Hall–Kier alpha value is -3.56. The standard InChI is InChI=1S/C23H21F3N6O/c1-13-6-15(16-4-2-3-5-27-16)21(30-9-13)22(33)32-12-14-7-17(18(32)8-14)31-20-11-28-19(10-29-20)23(24,25)26/h2-6,9-11,14,17-18H,7-8,12H2,1H3,(H,29,31)/t14-,17-,18+/m1/s1. The number of carbonyl (C=O) groups excluding carboxylic acids is 1. The summed E-state index contributed by atoms with van der Waals surface area (Å²) in [5, 5.41) is 3.18. The van der Waals surface area contributed by atoms with Crippen LogP contribution in [0.25, 0.3) is 11.3 Å². The molecule has 0 spiro atoms. The maximum atomic E-state index is 13.6. The number of halogens is 3. The number of likely N-dealkylation sites (tertiary alicyclic amines) is 1. The number of rotatable bonds is 4. The summed E-state index contributed by atoms with van der Waals surface area (Å²) in [4.78, 5) is 31.5. The summed E-state index contributed by atoms with van der Waals surface area (Å²) in [6.07, 6.45) is 2.24. The van der Waals surface area contributed by atoms with Crippen LogP contribution in [0.1, 0.15) is 34.6 Å². The number of hydrogen-bond donors (Lipinski definition) is 1. The van der Waals surface area contributed by atoms with Crippen molar-refractivity contribution in [1.82, 2.24) is 24.8 Å². The van der Waals surface area contributed by atoms with Crippen LogP contribution in [0.3, 0.4) is 0 Å². The first-order valence-electron chi connectivity index (χ1n) is 10.6. The largest absolute Gasteiger partial charge is 0.434 e. The second-order valence-electron chi connectivity index (χ2n) is 8.52. The topological polar surface area (TPSA) is 83.9 Å². The molecule has 1 aliphatic heterocycles. The summed E-state index contributed by atoms with van der Waals surface area (Å²) in [5.41, 5.74) is 1.60. The van der Waals surface area contributed by atoms with E-state index in [-0.39, 0.29) is 23.8 Å². The molecule has 170 valence electrons. The molecule has 2 fully saturated rings. The van der Waals surface area contributed by atoms with E-state index in [4.69, 9.17) is 0 Å². The number of fused-ring (bicyclic) bond motifs is 2. The van der Waals surface area contributed by atoms with Gasteiger partial charge in [-0.1, -0.05) is 6.07 Å². The van der Waals surface area contributed by atoms with Crippen molar-refractivity contribution in [2.75, 3.05) is 11.9 Å². The number of hydrogen-bond acceptors (Lipinski definition) is 6. The third-order valence-corrected chi connectivity index (χ3v) is 6.19. The number of carbonyl (C=O) groups is 1. The summed E-state index contributed by atoms with van der Waals surface area (Å²) in [5.74, 6) is 0.395. The van der Waals surface area contributed by atoms with Gasteiger partial charge in [-0.05, 0) is 49.4 Å². The van der Waals surface area contributed by atoms with Crippen molar-refractivity contribution in [3.8, 4) is 11.3 Å². The van der Waals surface area contributed by atoms with Crippen molar-refractivity contribution in [1.29, 1.82) is 0 Å². The maximum absolute atomic E-state index is 13.6. The van der Waals surface area contributed by atoms with E-state index in [9.17, 15) is 18.0 Å². The van der Waals surface area contributed by atoms with E-state index in [1.54, 1.807) is 12.4 Å². The zero-order chi connectivity index (χ0) is 23.2. The quantitative estimate of drug-likeness (QED) is 0.642. The second kappa shape index (κ2) is 8.09. The highest BCUT2D eigenvalue weighted by atomic mass is 19.4. The molecule has 4 heterocycles. The fraction of sp³-hybridized carbons (Fsp3) is 0.348. The molecule has 3 atom stereocenters. The summed E-state index contributed by atoms with van der Waals surface area (Å²) in [6.45, 7) is 2.54. The van der Waals surface area contributed by atoms with Gasteiger partial charge in [0.25, 0.3) is 5.91 Å². The van der Waals surface area contributed by atoms with Crippen LogP contribution in [0.5, 0.6) is 0 Å². The average molecular weight is 454 g/mol. The van der Waals surface area contributed by atoms with Crippen LogP contribution in [0, 0.1) is 12.8 Å². The smallest absolute Gasteiger partial charge is 0.364 e. The summed E-state index contributed by atoms with van der Waals surface area (Å²) in [7, 11) is 0. The first-order valence-corrected chi connectivity index (χ1v) is 10.6. The van der Waals surface area contributed by atoms with Gasteiger partial charge in [0.1, 0.15) is 11.5 Å². The minimum Gasteiger partial charge on any atom is -0.364 e. The molecule has 1 saturated carbocycles. The van der Waals surface area contributed by atoms with E-state index in [0.717, 1.165) is 24.6 Å². The lowest BCUT2D eigenvalue weighted by Gasteiger charge is -2.34. The average Bonchev–Trinajstić information content (AvgIpc) is 3.40. The molecule has 7 nitrogen and oxygen atoms in total. The minimum atomic E-state index is -4.53. The van der Waals surface area contributed by atoms with Gasteiger partial charge in [0.2, 0.25) is 0 Å². The fourth-order valence-corrected chi connectivity index (χ4v) is 4.75. The molecule has 1 saturated heterocycles. The van der Waals surface area contributed by atoms with Crippen molar-refractivity contribution >= 4 is 11.7 Å². The molecule has 3 aromatic heterocycles. The molecule has 33 heavy (non-hydrogen) atoms. The Kier molecular flexibility index (Phi) is 5.22. The number of pyridine rings is 2. The van der Waals surface area contributed by atoms with Gasteiger partial charge in [0, 0.05) is 30.5 Å². The van der Waals surface area contributed by atoms with Crippen molar-refractivity contribution in [2.45, 2.75) is 38.0 Å². The second-order valence-corrected chi connectivity index (χ2v) is 8.52. The Morgan fingerprint density at radius 2 is 1.94 bits per heavy atom. The molecule has 1 amide bonds. The number of aromatic nitrogens is 4. The van der Waals surface area contributed by atoms with E-state index in [0.29, 0.717) is 35.6 Å². The first-order chi connectivity index (χ1) is 15.8. The van der Waals surface area contributed by atoms with Crippen LogP contribution in [-0.4, -0.2) is 49.4 Å². The number of aryl methyl sites for hydroxylation is 1. The third-order valence-electron chi connectivity index (χ3n) is 6.19. The van der Waals surface area contributed by atoms with Crippen LogP contribution >= 0.6 is 0 Å². The Bertz CT molecular complexity index is 1170. The van der Waals surface area contributed by atoms with Crippen LogP contribution in [0.2, 0.25) is 0 Å². The van der Waals surface area contributed by atoms with E-state index < -0.39 is 11.9 Å². The van der Waals surface area contributed by atoms with Gasteiger partial charge in [0.05, 0.1) is 24.1 Å². The Morgan fingerprint density at radius 3 is 2.61 bits per heavy atom. The summed E-state index contributed by atoms with van der Waals surface area (Å²) < 4.78 is 38.3. The maximum Gasteiger partial charge on any atom is 0.434 e. The number of piperidine rings is 1. The van der Waals surface area contributed by atoms with Gasteiger partial charge in [-0.25, -0.2) is 9.97 Å². The number of alkyl halides is 3. The highest BCUT2D eigenvalue weighted by Gasteiger charge is 2.47. The number of anilines is 1. The van der Waals surface area contributed by atoms with Gasteiger partial charge >= 0.3 is 6.18 Å². The lowest BCUT2D eigenvalue weighted by Crippen LogP contribution is -2.48. The van der Waals surface area contributed by atoms with Crippen molar-refractivity contribution < 1.29 is 18.0 Å². The molecule has 0 radical (unpaired) electrons. The van der Waals surface area contributed by atoms with E-state index >= 15 is 0 Å². The van der Waals surface area contributed by atoms with Crippen molar-refractivity contribution in [3.63, 3.8) is 0 Å². The van der Waals surface area contributed by atoms with E-state index in [2.05, 4.69) is 25.3 Å². The Morgan fingerprint density at radius 1 is 1.09 bits per heavy atom. The zero-order valence-corrected chi connectivity index (χ0v) is 17.8. The van der Waals surface area contributed by atoms with Gasteiger partial charge in [-0.2, -0.15) is 13.2 Å². The third kappa shape index (κ3) is 4.12. The molecule has 10 heteroatoms. The van der Waals surface area contributed by atoms with Crippen LogP contribution in [0.4, 0.5) is 19.0 Å². The normalized spacial score (nSPS) is 21.9. The summed E-state index contributed by atoms with van der Waals surface area (Å²) >= 11 is 0. The highest BCUT2D eigenvalue weighted by molar-refractivity contribution is 5.99. The molecule has 2 bridgehead atoms. The first kappa shape index (κ1) is 21.3. The van der Waals surface area contributed by atoms with E-state index in [1.165, 1.54) is 0 Å². The molecule has 0 aromatic carbocycles. The SMILES string of the molecule is Cc1cnc(C(=O)N2C[C@@H]3C[C@@H](Nc4cnc(C(F)(F)F)cn4)[C@@H]2C3)c(-c2ccccn2)c1. The molecule has 2 aliphatic rings. The molecule has 1 aliphatic carbocycles. The number of nitrogens with zero attached hydrogens (tertiary/aromatic N) is 5.